The first kappa shape index (κ1) is 15.8. The van der Waals surface area contributed by atoms with Crippen LogP contribution in [0.1, 0.15) is 24.8 Å². The number of urea groups is 1. The van der Waals surface area contributed by atoms with Crippen LogP contribution in [-0.4, -0.2) is 41.7 Å². The summed E-state index contributed by atoms with van der Waals surface area (Å²) in [5.74, 6) is 1.08. The fourth-order valence-corrected chi connectivity index (χ4v) is 3.43. The topological polar surface area (TPSA) is 54.5 Å². The summed E-state index contributed by atoms with van der Waals surface area (Å²) in [6, 6.07) is 5.83. The van der Waals surface area contributed by atoms with Gasteiger partial charge in [-0.15, -0.1) is 0 Å². The molecule has 0 bridgehead atoms. The SMILES string of the molecule is CC(CNC(=O)N1CCC(Oc2cccnc2)C1)c1ccsc1. The molecule has 0 aliphatic carbocycles. The smallest absolute Gasteiger partial charge is 0.317 e. The molecule has 2 amide bonds. The van der Waals surface area contributed by atoms with Crippen LogP contribution in [0, 0.1) is 0 Å². The molecule has 1 fully saturated rings. The van der Waals surface area contributed by atoms with Crippen LogP contribution in [0.4, 0.5) is 4.79 Å². The van der Waals surface area contributed by atoms with Crippen LogP contribution >= 0.6 is 11.3 Å². The average Bonchev–Trinajstić information content (AvgIpc) is 3.25. The molecule has 2 atom stereocenters. The number of carbonyl (C=O) groups excluding carboxylic acids is 1. The number of thiophene rings is 1. The maximum Gasteiger partial charge on any atom is 0.317 e. The van der Waals surface area contributed by atoms with Gasteiger partial charge in [-0.25, -0.2) is 4.79 Å². The first-order valence-electron chi connectivity index (χ1n) is 7.84. The van der Waals surface area contributed by atoms with Crippen molar-refractivity contribution in [3.63, 3.8) is 0 Å². The molecule has 23 heavy (non-hydrogen) atoms. The zero-order valence-electron chi connectivity index (χ0n) is 13.1. The van der Waals surface area contributed by atoms with Crippen LogP contribution in [0.25, 0.3) is 0 Å². The predicted octanol–water partition coefficient (Wildman–Crippen LogP) is 3.11. The second-order valence-corrected chi connectivity index (χ2v) is 6.59. The number of nitrogens with one attached hydrogen (secondary N) is 1. The number of hydrogen-bond acceptors (Lipinski definition) is 4. The highest BCUT2D eigenvalue weighted by atomic mass is 32.1. The van der Waals surface area contributed by atoms with Crippen molar-refractivity contribution in [1.29, 1.82) is 0 Å². The van der Waals surface area contributed by atoms with Crippen molar-refractivity contribution in [3.8, 4) is 5.75 Å². The molecule has 0 aromatic carbocycles. The van der Waals surface area contributed by atoms with E-state index < -0.39 is 0 Å². The summed E-state index contributed by atoms with van der Waals surface area (Å²) in [4.78, 5) is 18.1. The number of likely N-dealkylation sites (tertiary alicyclic amines) is 1. The van der Waals surface area contributed by atoms with Gasteiger partial charge in [0.1, 0.15) is 11.9 Å². The van der Waals surface area contributed by atoms with Crippen LogP contribution in [0.5, 0.6) is 5.75 Å². The lowest BCUT2D eigenvalue weighted by Gasteiger charge is -2.19. The molecule has 1 aliphatic heterocycles. The maximum atomic E-state index is 12.3. The average molecular weight is 331 g/mol. The molecule has 5 nitrogen and oxygen atoms in total. The Kier molecular flexibility index (Phi) is 5.12. The van der Waals surface area contributed by atoms with Gasteiger partial charge >= 0.3 is 6.03 Å². The molecule has 3 heterocycles. The lowest BCUT2D eigenvalue weighted by atomic mass is 10.1. The molecule has 2 unspecified atom stereocenters. The van der Waals surface area contributed by atoms with Gasteiger partial charge in [0.15, 0.2) is 0 Å². The standard InChI is InChI=1S/C17H21N3O2S/c1-13(14-5-8-23-12-14)9-19-17(21)20-7-4-16(11-20)22-15-3-2-6-18-10-15/h2-3,5-6,8,10,12-13,16H,4,7,9,11H2,1H3,(H,19,21). The van der Waals surface area contributed by atoms with E-state index in [4.69, 9.17) is 4.74 Å². The van der Waals surface area contributed by atoms with E-state index in [0.717, 1.165) is 18.7 Å². The van der Waals surface area contributed by atoms with Crippen molar-refractivity contribution >= 4 is 17.4 Å². The Balaban J connectivity index is 1.44. The summed E-state index contributed by atoms with van der Waals surface area (Å²) in [5.41, 5.74) is 1.27. The first-order chi connectivity index (χ1) is 11.2. The lowest BCUT2D eigenvalue weighted by Crippen LogP contribution is -2.40. The number of ether oxygens (including phenoxy) is 1. The number of nitrogens with zero attached hydrogens (tertiary/aromatic N) is 2. The predicted molar refractivity (Wildman–Crippen MR) is 91.0 cm³/mol. The Labute approximate surface area is 140 Å². The van der Waals surface area contributed by atoms with E-state index in [1.807, 2.05) is 17.0 Å². The summed E-state index contributed by atoms with van der Waals surface area (Å²) in [5, 5.41) is 7.21. The van der Waals surface area contributed by atoms with Gasteiger partial charge in [-0.1, -0.05) is 6.92 Å². The van der Waals surface area contributed by atoms with Crippen molar-refractivity contribution in [2.75, 3.05) is 19.6 Å². The molecule has 1 aliphatic rings. The van der Waals surface area contributed by atoms with E-state index in [9.17, 15) is 4.79 Å². The molecule has 0 radical (unpaired) electrons. The number of pyridine rings is 1. The van der Waals surface area contributed by atoms with Crippen molar-refractivity contribution in [3.05, 3.63) is 46.9 Å². The minimum absolute atomic E-state index is 0.00985. The molecule has 2 aromatic rings. The zero-order valence-corrected chi connectivity index (χ0v) is 14.0. The maximum absolute atomic E-state index is 12.3. The molecule has 2 aromatic heterocycles. The van der Waals surface area contributed by atoms with Gasteiger partial charge < -0.3 is 15.0 Å². The Morgan fingerprint density at radius 2 is 2.48 bits per heavy atom. The van der Waals surface area contributed by atoms with Gasteiger partial charge in [-0.05, 0) is 40.4 Å². The molecule has 1 saturated heterocycles. The van der Waals surface area contributed by atoms with Crippen LogP contribution in [0.15, 0.2) is 41.4 Å². The molecular weight excluding hydrogens is 310 g/mol. The summed E-state index contributed by atoms with van der Waals surface area (Å²) in [6.45, 7) is 4.12. The molecule has 0 saturated carbocycles. The number of amides is 2. The first-order valence-corrected chi connectivity index (χ1v) is 8.78. The van der Waals surface area contributed by atoms with Crippen molar-refractivity contribution in [2.45, 2.75) is 25.4 Å². The minimum Gasteiger partial charge on any atom is -0.487 e. The zero-order chi connectivity index (χ0) is 16.1. The van der Waals surface area contributed by atoms with Crippen LogP contribution in [-0.2, 0) is 0 Å². The third kappa shape index (κ3) is 4.22. The van der Waals surface area contributed by atoms with E-state index in [2.05, 4.69) is 34.1 Å². The fourth-order valence-electron chi connectivity index (χ4n) is 2.64. The highest BCUT2D eigenvalue weighted by Crippen LogP contribution is 2.19. The van der Waals surface area contributed by atoms with Crippen LogP contribution in [0.2, 0.25) is 0 Å². The Morgan fingerprint density at radius 1 is 1.57 bits per heavy atom. The van der Waals surface area contributed by atoms with Gasteiger partial charge in [0.25, 0.3) is 0 Å². The largest absolute Gasteiger partial charge is 0.487 e. The number of aromatic nitrogens is 1. The van der Waals surface area contributed by atoms with Gasteiger partial charge in [-0.2, -0.15) is 11.3 Å². The Bertz CT molecular complexity index is 618. The second kappa shape index (κ2) is 7.46. The number of rotatable bonds is 5. The van der Waals surface area contributed by atoms with E-state index in [-0.39, 0.29) is 12.1 Å². The van der Waals surface area contributed by atoms with E-state index >= 15 is 0 Å². The fraction of sp³-hybridized carbons (Fsp3) is 0.412. The Hall–Kier alpha value is -2.08. The molecular formula is C17H21N3O2S. The highest BCUT2D eigenvalue weighted by molar-refractivity contribution is 7.07. The second-order valence-electron chi connectivity index (χ2n) is 5.81. The third-order valence-corrected chi connectivity index (χ3v) is 4.74. The quantitative estimate of drug-likeness (QED) is 0.916. The monoisotopic (exact) mass is 331 g/mol. The Morgan fingerprint density at radius 3 is 3.22 bits per heavy atom. The summed E-state index contributed by atoms with van der Waals surface area (Å²) in [6.07, 6.45) is 4.31. The van der Waals surface area contributed by atoms with Gasteiger partial charge in [0.2, 0.25) is 0 Å². The van der Waals surface area contributed by atoms with Gasteiger partial charge in [0, 0.05) is 25.7 Å². The summed E-state index contributed by atoms with van der Waals surface area (Å²) in [7, 11) is 0. The van der Waals surface area contributed by atoms with Gasteiger partial charge in [0.05, 0.1) is 12.7 Å². The third-order valence-electron chi connectivity index (χ3n) is 4.04. The van der Waals surface area contributed by atoms with E-state index in [1.54, 1.807) is 23.7 Å². The summed E-state index contributed by atoms with van der Waals surface area (Å²) < 4.78 is 5.86. The van der Waals surface area contributed by atoms with Crippen molar-refractivity contribution in [2.24, 2.45) is 0 Å². The van der Waals surface area contributed by atoms with Crippen molar-refractivity contribution in [1.82, 2.24) is 15.2 Å². The van der Waals surface area contributed by atoms with Crippen molar-refractivity contribution < 1.29 is 9.53 Å². The minimum atomic E-state index is -0.00985. The lowest BCUT2D eigenvalue weighted by molar-refractivity contribution is 0.186. The molecule has 0 spiro atoms. The van der Waals surface area contributed by atoms with E-state index in [0.29, 0.717) is 19.0 Å². The molecule has 122 valence electrons. The van der Waals surface area contributed by atoms with E-state index in [1.165, 1.54) is 5.56 Å². The number of hydrogen-bond donors (Lipinski definition) is 1. The van der Waals surface area contributed by atoms with Gasteiger partial charge in [-0.3, -0.25) is 4.98 Å². The molecule has 1 N–H and O–H groups in total. The van der Waals surface area contributed by atoms with Crippen LogP contribution < -0.4 is 10.1 Å². The number of carbonyl (C=O) groups is 1. The normalized spacial score (nSPS) is 18.7. The summed E-state index contributed by atoms with van der Waals surface area (Å²) >= 11 is 1.68. The molecule has 6 heteroatoms. The molecule has 3 rings (SSSR count). The highest BCUT2D eigenvalue weighted by Gasteiger charge is 2.27. The van der Waals surface area contributed by atoms with Crippen LogP contribution in [0.3, 0.4) is 0 Å².